The smallest absolute Gasteiger partial charge is 0.253 e. The Hall–Kier alpha value is -7.40. The van der Waals surface area contributed by atoms with Crippen molar-refractivity contribution in [3.63, 3.8) is 0 Å². The van der Waals surface area contributed by atoms with Crippen molar-refractivity contribution in [3.05, 3.63) is 66.1 Å². The molecule has 10 N–H and O–H groups in total. The molecule has 0 fully saturated rings. The molecule has 32 nitrogen and oxygen atoms in total. The molecule has 8 atom stereocenters. The first-order chi connectivity index (χ1) is 43.7. The lowest BCUT2D eigenvalue weighted by Crippen LogP contribution is -2.37. The van der Waals surface area contributed by atoms with Crippen molar-refractivity contribution in [2.24, 2.45) is 20.5 Å². The van der Waals surface area contributed by atoms with Gasteiger partial charge in [-0.15, -0.1) is 49.4 Å². The van der Waals surface area contributed by atoms with Gasteiger partial charge in [-0.1, -0.05) is 98.8 Å². The molecule has 520 valence electrons. The van der Waals surface area contributed by atoms with Crippen molar-refractivity contribution >= 4 is 90.2 Å². The van der Waals surface area contributed by atoms with E-state index < -0.39 is 66.2 Å². The van der Waals surface area contributed by atoms with E-state index in [2.05, 4.69) is 74.4 Å². The van der Waals surface area contributed by atoms with Gasteiger partial charge in [0, 0.05) is 146 Å². The number of azide groups is 4. The molecule has 2 aliphatic rings. The number of carbonyl (C=O) groups is 8. The summed E-state index contributed by atoms with van der Waals surface area (Å²) >= 11 is 0. The van der Waals surface area contributed by atoms with Gasteiger partial charge in [0.15, 0.2) is 0 Å². The highest BCUT2D eigenvalue weighted by molar-refractivity contribution is 8.76. The highest BCUT2D eigenvalue weighted by atomic mass is 33.1. The Kier molecular flexibility index (Phi) is 76.8. The molecule has 0 radical (unpaired) electrons. The summed E-state index contributed by atoms with van der Waals surface area (Å²) < 4.78 is 0. The number of ketones is 2. The van der Waals surface area contributed by atoms with Crippen LogP contribution in [-0.4, -0.2) is 223 Å². The van der Waals surface area contributed by atoms with E-state index in [0.29, 0.717) is 37.9 Å². The van der Waals surface area contributed by atoms with Crippen LogP contribution >= 0.6 is 43.2 Å². The summed E-state index contributed by atoms with van der Waals surface area (Å²) in [4.78, 5) is 101. The Morgan fingerprint density at radius 3 is 1.12 bits per heavy atom. The normalized spacial score (nSPS) is 13.4. The lowest BCUT2D eigenvalue weighted by molar-refractivity contribution is -0.139. The number of nitrogens with one attached hydrogen (secondary N) is 2. The predicted octanol–water partition coefficient (Wildman–Crippen LogP) is 5.19. The first-order valence-electron chi connectivity index (χ1n) is 27.9. The van der Waals surface area contributed by atoms with E-state index in [1.54, 1.807) is 57.0 Å². The molecule has 0 aromatic rings. The van der Waals surface area contributed by atoms with Gasteiger partial charge in [0.05, 0.1) is 75.0 Å². The van der Waals surface area contributed by atoms with Crippen LogP contribution in [0.1, 0.15) is 112 Å². The van der Waals surface area contributed by atoms with Crippen LogP contribution in [0.15, 0.2) is 44.8 Å². The number of carbonyl (C=O) groups excluding carboxylic acids is 8. The average Bonchev–Trinajstić information content (AvgIpc) is 3.16. The molecule has 6 amide bonds. The first kappa shape index (κ1) is 99.2. The van der Waals surface area contributed by atoms with Gasteiger partial charge < -0.3 is 51.5 Å². The molecule has 36 heteroatoms. The van der Waals surface area contributed by atoms with Gasteiger partial charge in [0.25, 0.3) is 23.6 Å². The Labute approximate surface area is 560 Å². The van der Waals surface area contributed by atoms with E-state index in [1.807, 2.05) is 26.4 Å². The molecule has 0 bridgehead atoms. The van der Waals surface area contributed by atoms with Crippen LogP contribution < -0.4 is 10.6 Å². The number of amides is 6. The van der Waals surface area contributed by atoms with Crippen LogP contribution in [0.4, 0.5) is 0 Å². The zero-order valence-electron chi connectivity index (χ0n) is 52.5. The molecule has 0 saturated heterocycles. The summed E-state index contributed by atoms with van der Waals surface area (Å²) in [6.45, 7) is 7.45. The van der Waals surface area contributed by atoms with Gasteiger partial charge >= 0.3 is 0 Å². The number of rotatable bonds is 36. The van der Waals surface area contributed by atoms with E-state index in [1.165, 1.54) is 0 Å². The number of aliphatic hydroxyl groups is 8. The largest absolute Gasteiger partial charge is 0.393 e. The number of terminal acetylenes is 4. The minimum absolute atomic E-state index is 0. The van der Waals surface area contributed by atoms with Gasteiger partial charge in [-0.2, -0.15) is 0 Å². The molecule has 0 aromatic heterocycles. The Morgan fingerprint density at radius 2 is 0.785 bits per heavy atom. The van der Waals surface area contributed by atoms with E-state index in [0.717, 1.165) is 46.3 Å². The molecule has 0 aliphatic carbocycles. The third-order valence-corrected chi connectivity index (χ3v) is 14.0. The fourth-order valence-corrected chi connectivity index (χ4v) is 7.77. The molecular weight excluding hydrogens is 1290 g/mol. The minimum Gasteiger partial charge on any atom is -0.393 e. The number of imide groups is 2. The molecule has 2 rings (SSSR count). The van der Waals surface area contributed by atoms with E-state index >= 15 is 0 Å². The molecule has 93 heavy (non-hydrogen) atoms. The fraction of sp³-hybridized carbons (Fsp3) is 0.649. The van der Waals surface area contributed by atoms with Crippen molar-refractivity contribution in [1.82, 2.24) is 20.4 Å². The van der Waals surface area contributed by atoms with Crippen molar-refractivity contribution in [3.8, 4) is 49.4 Å². The van der Waals surface area contributed by atoms with Gasteiger partial charge in [-0.3, -0.25) is 48.2 Å². The number of aliphatic hydroxyl groups excluding tert-OH is 8. The number of hydrogen-bond acceptors (Lipinski definition) is 24. The third-order valence-electron chi connectivity index (χ3n) is 10.2. The summed E-state index contributed by atoms with van der Waals surface area (Å²) in [5.74, 6) is 8.24. The van der Waals surface area contributed by atoms with Crippen molar-refractivity contribution < 1.29 is 79.2 Å². The van der Waals surface area contributed by atoms with Gasteiger partial charge in [0.1, 0.15) is 11.6 Å². The summed E-state index contributed by atoms with van der Waals surface area (Å²) in [5.41, 5.74) is 31.5. The van der Waals surface area contributed by atoms with Crippen LogP contribution in [0.3, 0.4) is 0 Å². The van der Waals surface area contributed by atoms with Gasteiger partial charge in [0.2, 0.25) is 11.8 Å². The Morgan fingerprint density at radius 1 is 0.484 bits per heavy atom. The van der Waals surface area contributed by atoms with Crippen molar-refractivity contribution in [2.45, 2.75) is 161 Å². The number of nitrogens with zero attached hydrogens (tertiary/aromatic N) is 14. The molecular formula is C57H92N16O16S4. The Balaban J connectivity index is -0.000000186. The average molecular weight is 1390 g/mol. The van der Waals surface area contributed by atoms with Gasteiger partial charge in [-0.05, 0) is 47.5 Å². The fourth-order valence-electron chi connectivity index (χ4n) is 5.20. The number of Topliss-reactive ketones (excluding diaryl/α,β-unsaturated/α-hetero) is 2. The van der Waals surface area contributed by atoms with E-state index in [-0.39, 0.29) is 128 Å². The molecule has 0 saturated carbocycles. The maximum atomic E-state index is 11.4. The van der Waals surface area contributed by atoms with E-state index in [9.17, 15) is 48.6 Å². The quantitative estimate of drug-likeness (QED) is 0.00963. The number of hydrogen-bond donors (Lipinski definition) is 10. The maximum absolute atomic E-state index is 11.4. The van der Waals surface area contributed by atoms with Crippen LogP contribution in [0.25, 0.3) is 41.8 Å². The molecule has 2 heterocycles. The molecule has 0 spiro atoms. The zero-order valence-corrected chi connectivity index (χ0v) is 55.8. The first-order valence-corrected chi connectivity index (χ1v) is 33.4. The van der Waals surface area contributed by atoms with Crippen LogP contribution in [-0.2, 0) is 38.4 Å². The lowest BCUT2D eigenvalue weighted by Gasteiger charge is -2.14. The predicted molar refractivity (Wildman–Crippen MR) is 364 cm³/mol. The maximum Gasteiger partial charge on any atom is 0.253 e. The van der Waals surface area contributed by atoms with Gasteiger partial charge in [-0.25, -0.2) is 0 Å². The second kappa shape index (κ2) is 72.0. The van der Waals surface area contributed by atoms with Crippen LogP contribution in [0, 0.1) is 49.4 Å². The highest BCUT2D eigenvalue weighted by Crippen LogP contribution is 2.18. The summed E-state index contributed by atoms with van der Waals surface area (Å²) in [6, 6.07) is 0. The van der Waals surface area contributed by atoms with Crippen molar-refractivity contribution in [1.29, 1.82) is 0 Å². The standard InChI is InChI=1S/C12H14N2O4.C10H13N5O4.C8H12O2.C6H11N3O2.C6H10OS2.C6H10O.C4H9N3OS2.C4H9N3O.CH4/c1-2-3-9(15)8-13-10(16)6-7-14-11(17)4-5-12(14)18;11-14-13-6-7(16)5-12-8(17)3-4-15-9(18)1-2-10(15)19;1-3-5-8(10)6-7(9)4-2;1-2-5(10)3-6(11)4-8-9-7;1-3-4-6(7)5-9-8-2;1-3-5-6(7)4-2;1-9-10-3-4(8)2-6-7-5;1-2-4(8)3-6-7-5;/h1,4-5,9,15H,3,6-8H2,(H,13,16);1-2,7,16H,3-6H2,(H,12,17);1,8,10H,4-6H2,2H3;6,11H,2-4H2,1H3;1,6-7H,4-5H2,2H3;1,6-7H,4-5H2,2H3;4,8H,2-3H2,1H3;4,8H,2-3H2,1H3;1H4. The molecule has 8 unspecified atom stereocenters. The topological polar surface area (TPSA) is 524 Å². The monoisotopic (exact) mass is 1380 g/mol. The summed E-state index contributed by atoms with van der Waals surface area (Å²) in [6.07, 6.45) is 27.4. The summed E-state index contributed by atoms with van der Waals surface area (Å²) in [7, 11) is 6.41. The lowest BCUT2D eigenvalue weighted by atomic mass is 10.1. The molecule has 0 aromatic carbocycles. The minimum atomic E-state index is -0.962. The SMILES string of the molecule is C.C#CCC(O)CC.C#CCC(O)CC(=O)CC.C#CCC(O)CNC(=O)CCN1C(=O)C=CC1=O.C#CCC(O)CSSC.CCC(=O)CC(O)CN=[N+]=[N-].CCC(O)CN=[N+]=[N-].CSSCC(O)CN=[N+]=[N-].[N-]=[N+]=NCC(O)CNC(=O)CCN1C(=O)C=CC1=O. The van der Waals surface area contributed by atoms with E-state index in [4.69, 9.17) is 78.5 Å². The second-order valence-corrected chi connectivity index (χ2v) is 23.1. The molecule has 2 aliphatic heterocycles. The third kappa shape index (κ3) is 70.3. The zero-order chi connectivity index (χ0) is 71.5. The Bertz CT molecular complexity index is 2540. The summed E-state index contributed by atoms with van der Waals surface area (Å²) in [5, 5.41) is 89.6. The second-order valence-electron chi connectivity index (χ2n) is 17.9. The highest BCUT2D eigenvalue weighted by Gasteiger charge is 2.25. The van der Waals surface area contributed by atoms with Crippen LogP contribution in [0.2, 0.25) is 0 Å². The van der Waals surface area contributed by atoms with Crippen LogP contribution in [0.5, 0.6) is 0 Å². The van der Waals surface area contributed by atoms with Crippen molar-refractivity contribution in [2.75, 3.05) is 76.4 Å².